The van der Waals surface area contributed by atoms with Gasteiger partial charge in [-0.2, -0.15) is 5.10 Å². The largest absolute Gasteiger partial charge is 0.356 e. The Labute approximate surface area is 158 Å². The van der Waals surface area contributed by atoms with Crippen LogP contribution in [0.4, 0.5) is 5.82 Å². The van der Waals surface area contributed by atoms with Gasteiger partial charge in [0.15, 0.2) is 0 Å². The van der Waals surface area contributed by atoms with Gasteiger partial charge in [0.2, 0.25) is 0 Å². The zero-order valence-corrected chi connectivity index (χ0v) is 15.6. The number of aromatic amines is 1. The number of hydrogen-bond donors (Lipinski definition) is 1. The zero-order chi connectivity index (χ0) is 18.2. The Bertz CT molecular complexity index is 1110. The first kappa shape index (κ1) is 16.2. The fourth-order valence-corrected chi connectivity index (χ4v) is 4.10. The van der Waals surface area contributed by atoms with Crippen molar-refractivity contribution >= 4 is 27.6 Å². The highest BCUT2D eigenvalue weighted by Gasteiger charge is 2.16. The molecule has 1 aliphatic rings. The van der Waals surface area contributed by atoms with Gasteiger partial charge in [-0.25, -0.2) is 4.98 Å². The van der Waals surface area contributed by atoms with E-state index in [-0.39, 0.29) is 0 Å². The molecule has 0 radical (unpaired) electrons. The molecule has 4 heterocycles. The van der Waals surface area contributed by atoms with Crippen molar-refractivity contribution in [1.82, 2.24) is 20.2 Å². The third-order valence-electron chi connectivity index (χ3n) is 5.42. The van der Waals surface area contributed by atoms with Crippen LogP contribution < -0.4 is 4.90 Å². The molecule has 1 N–H and O–H groups in total. The summed E-state index contributed by atoms with van der Waals surface area (Å²) in [6.07, 6.45) is 6.46. The van der Waals surface area contributed by atoms with Gasteiger partial charge in [0.05, 0.1) is 5.69 Å². The van der Waals surface area contributed by atoms with Crippen LogP contribution in [0.3, 0.4) is 0 Å². The number of aryl methyl sites for hydroxylation is 1. The summed E-state index contributed by atoms with van der Waals surface area (Å²) in [6, 6.07) is 12.8. The summed E-state index contributed by atoms with van der Waals surface area (Å²) >= 11 is 0. The summed E-state index contributed by atoms with van der Waals surface area (Å²) in [5.41, 5.74) is 5.27. The fourth-order valence-electron chi connectivity index (χ4n) is 4.10. The maximum Gasteiger partial charge on any atom is 0.136 e. The number of nitrogens with one attached hydrogen (secondary N) is 1. The predicted octanol–water partition coefficient (Wildman–Crippen LogP) is 4.40. The topological polar surface area (TPSA) is 57.7 Å². The van der Waals surface area contributed by atoms with Crippen LogP contribution in [-0.2, 0) is 6.42 Å². The van der Waals surface area contributed by atoms with E-state index in [9.17, 15) is 0 Å². The van der Waals surface area contributed by atoms with Crippen LogP contribution in [0.25, 0.3) is 21.8 Å². The average molecular weight is 357 g/mol. The number of rotatable bonds is 3. The lowest BCUT2D eigenvalue weighted by Gasteiger charge is -2.29. The summed E-state index contributed by atoms with van der Waals surface area (Å²) in [4.78, 5) is 11.8. The standard InChI is InChI=1S/C22H23N5/c1-15-12-17-13-16(14-20-21-19(25-26-20)6-5-9-23-21)7-8-18(17)22(24-15)27-10-3-2-4-11-27/h5-9,12-13H,2-4,10-11,14H2,1H3,(H,25,26). The molecular weight excluding hydrogens is 334 g/mol. The van der Waals surface area contributed by atoms with E-state index in [0.717, 1.165) is 47.7 Å². The molecule has 5 heteroatoms. The molecule has 3 aromatic heterocycles. The summed E-state index contributed by atoms with van der Waals surface area (Å²) < 4.78 is 0. The lowest BCUT2D eigenvalue weighted by atomic mass is 10.0. The Morgan fingerprint density at radius 2 is 1.96 bits per heavy atom. The molecule has 1 fully saturated rings. The minimum atomic E-state index is 0.796. The minimum Gasteiger partial charge on any atom is -0.356 e. The highest BCUT2D eigenvalue weighted by atomic mass is 15.2. The minimum absolute atomic E-state index is 0.796. The molecule has 1 saturated heterocycles. The molecule has 0 amide bonds. The molecule has 0 bridgehead atoms. The maximum atomic E-state index is 4.87. The predicted molar refractivity (Wildman–Crippen MR) is 109 cm³/mol. The van der Waals surface area contributed by atoms with Crippen LogP contribution in [0.5, 0.6) is 0 Å². The van der Waals surface area contributed by atoms with Crippen molar-refractivity contribution in [3.8, 4) is 0 Å². The number of piperidine rings is 1. The number of hydrogen-bond acceptors (Lipinski definition) is 4. The van der Waals surface area contributed by atoms with Crippen molar-refractivity contribution in [3.05, 3.63) is 59.5 Å². The van der Waals surface area contributed by atoms with E-state index in [1.165, 1.54) is 35.6 Å². The number of nitrogens with zero attached hydrogens (tertiary/aromatic N) is 4. The second-order valence-electron chi connectivity index (χ2n) is 7.44. The molecule has 5 nitrogen and oxygen atoms in total. The second kappa shape index (κ2) is 6.65. The highest BCUT2D eigenvalue weighted by Crippen LogP contribution is 2.29. The first-order valence-electron chi connectivity index (χ1n) is 9.71. The molecule has 0 atom stereocenters. The van der Waals surface area contributed by atoms with Gasteiger partial charge in [-0.3, -0.25) is 10.1 Å². The van der Waals surface area contributed by atoms with Gasteiger partial charge in [0.25, 0.3) is 0 Å². The van der Waals surface area contributed by atoms with E-state index in [4.69, 9.17) is 4.98 Å². The molecule has 0 unspecified atom stereocenters. The smallest absolute Gasteiger partial charge is 0.136 e. The van der Waals surface area contributed by atoms with Crippen LogP contribution in [0.1, 0.15) is 36.2 Å². The number of pyridine rings is 2. The third-order valence-corrected chi connectivity index (χ3v) is 5.42. The Balaban J connectivity index is 1.53. The number of anilines is 1. The van der Waals surface area contributed by atoms with Crippen LogP contribution in [0.15, 0.2) is 42.6 Å². The Hall–Kier alpha value is -2.95. The highest BCUT2D eigenvalue weighted by molar-refractivity contribution is 5.93. The number of fused-ring (bicyclic) bond motifs is 2. The first-order chi connectivity index (χ1) is 13.3. The Morgan fingerprint density at radius 3 is 2.85 bits per heavy atom. The van der Waals surface area contributed by atoms with Crippen molar-refractivity contribution in [1.29, 1.82) is 0 Å². The maximum absolute atomic E-state index is 4.87. The van der Waals surface area contributed by atoms with Gasteiger partial charge >= 0.3 is 0 Å². The molecule has 27 heavy (non-hydrogen) atoms. The summed E-state index contributed by atoms with van der Waals surface area (Å²) in [7, 11) is 0. The number of benzene rings is 1. The molecule has 0 aliphatic carbocycles. The average Bonchev–Trinajstić information content (AvgIpc) is 3.11. The normalized spacial score (nSPS) is 14.9. The van der Waals surface area contributed by atoms with E-state index < -0.39 is 0 Å². The zero-order valence-electron chi connectivity index (χ0n) is 15.6. The van der Waals surface area contributed by atoms with E-state index in [1.807, 2.05) is 18.3 Å². The van der Waals surface area contributed by atoms with Crippen LogP contribution in [-0.4, -0.2) is 33.3 Å². The van der Waals surface area contributed by atoms with Gasteiger partial charge in [-0.15, -0.1) is 0 Å². The van der Waals surface area contributed by atoms with Crippen LogP contribution >= 0.6 is 0 Å². The van der Waals surface area contributed by atoms with E-state index >= 15 is 0 Å². The lowest BCUT2D eigenvalue weighted by molar-refractivity contribution is 0.574. The van der Waals surface area contributed by atoms with Crippen molar-refractivity contribution in [3.63, 3.8) is 0 Å². The molecule has 5 rings (SSSR count). The van der Waals surface area contributed by atoms with Gasteiger partial charge in [0.1, 0.15) is 16.9 Å². The van der Waals surface area contributed by atoms with Gasteiger partial charge < -0.3 is 4.90 Å². The molecule has 0 saturated carbocycles. The van der Waals surface area contributed by atoms with Crippen LogP contribution in [0, 0.1) is 6.92 Å². The molecule has 0 spiro atoms. The monoisotopic (exact) mass is 357 g/mol. The Morgan fingerprint density at radius 1 is 1.07 bits per heavy atom. The second-order valence-corrected chi connectivity index (χ2v) is 7.44. The Kier molecular flexibility index (Phi) is 4.00. The summed E-state index contributed by atoms with van der Waals surface area (Å²) in [6.45, 7) is 4.31. The molecule has 1 aliphatic heterocycles. The quantitative estimate of drug-likeness (QED) is 0.590. The molecule has 4 aromatic rings. The molecule has 1 aromatic carbocycles. The number of aromatic nitrogens is 4. The summed E-state index contributed by atoms with van der Waals surface area (Å²) in [5.74, 6) is 1.14. The molecule has 136 valence electrons. The number of H-pyrrole nitrogens is 1. The van der Waals surface area contributed by atoms with Gasteiger partial charge in [0, 0.05) is 36.8 Å². The fraction of sp³-hybridized carbons (Fsp3) is 0.318. The van der Waals surface area contributed by atoms with Crippen LogP contribution in [0.2, 0.25) is 0 Å². The first-order valence-corrected chi connectivity index (χ1v) is 9.71. The van der Waals surface area contributed by atoms with Gasteiger partial charge in [-0.05, 0) is 55.3 Å². The van der Waals surface area contributed by atoms with Crippen molar-refractivity contribution in [2.45, 2.75) is 32.6 Å². The van der Waals surface area contributed by atoms with E-state index in [1.54, 1.807) is 0 Å². The van der Waals surface area contributed by atoms with Gasteiger partial charge in [-0.1, -0.05) is 18.2 Å². The van der Waals surface area contributed by atoms with Crippen molar-refractivity contribution in [2.75, 3.05) is 18.0 Å². The van der Waals surface area contributed by atoms with Crippen molar-refractivity contribution < 1.29 is 0 Å². The van der Waals surface area contributed by atoms with Crippen molar-refractivity contribution in [2.24, 2.45) is 0 Å². The van der Waals surface area contributed by atoms with E-state index in [0.29, 0.717) is 0 Å². The molecular formula is C22H23N5. The SMILES string of the molecule is Cc1cc2cc(Cc3[nH]nc4cccnc34)ccc2c(N2CCCCC2)n1. The lowest BCUT2D eigenvalue weighted by Crippen LogP contribution is -2.30. The third kappa shape index (κ3) is 3.03. The van der Waals surface area contributed by atoms with E-state index in [2.05, 4.69) is 51.3 Å². The summed E-state index contributed by atoms with van der Waals surface area (Å²) in [5, 5.41) is 10.0.